The summed E-state index contributed by atoms with van der Waals surface area (Å²) in [5, 5.41) is 0. The van der Waals surface area contributed by atoms with Crippen LogP contribution < -0.4 is 5.73 Å². The summed E-state index contributed by atoms with van der Waals surface area (Å²) in [6.07, 6.45) is 0. The van der Waals surface area contributed by atoms with Crippen molar-refractivity contribution in [1.29, 1.82) is 0 Å². The molecule has 0 saturated carbocycles. The normalized spacial score (nSPS) is 13.3. The maximum Gasteiger partial charge on any atom is 0.0236 e. The monoisotopic (exact) mass is 248 g/mol. The van der Waals surface area contributed by atoms with Crippen LogP contribution in [0.15, 0.2) is 24.3 Å². The van der Waals surface area contributed by atoms with Gasteiger partial charge in [0.25, 0.3) is 0 Å². The van der Waals surface area contributed by atoms with Crippen LogP contribution in [0.4, 0.5) is 0 Å². The Hall–Kier alpha value is -0.860. The minimum absolute atomic E-state index is 0.592. The Morgan fingerprint density at radius 1 is 1.22 bits per heavy atom. The predicted octanol–water partition coefficient (Wildman–Crippen LogP) is 3.05. The zero-order valence-electron chi connectivity index (χ0n) is 12.3. The van der Waals surface area contributed by atoms with Crippen molar-refractivity contribution < 1.29 is 0 Å². The number of hydrogen-bond acceptors (Lipinski definition) is 2. The number of hydrogen-bond donors (Lipinski definition) is 1. The topological polar surface area (TPSA) is 29.3 Å². The molecule has 102 valence electrons. The third-order valence-electron chi connectivity index (χ3n) is 3.84. The van der Waals surface area contributed by atoms with Crippen LogP contribution in [0.1, 0.15) is 31.9 Å². The van der Waals surface area contributed by atoms with E-state index in [0.29, 0.717) is 11.8 Å². The molecule has 0 fully saturated rings. The Morgan fingerprint density at radius 3 is 2.39 bits per heavy atom. The van der Waals surface area contributed by atoms with Gasteiger partial charge >= 0.3 is 0 Å². The fourth-order valence-electron chi connectivity index (χ4n) is 2.22. The second-order valence-electron chi connectivity index (χ2n) is 5.49. The summed E-state index contributed by atoms with van der Waals surface area (Å²) < 4.78 is 0. The van der Waals surface area contributed by atoms with Crippen molar-refractivity contribution in [2.24, 2.45) is 17.6 Å². The second kappa shape index (κ2) is 7.55. The molecule has 0 aliphatic heterocycles. The molecule has 0 heterocycles. The van der Waals surface area contributed by atoms with Gasteiger partial charge in [-0.05, 0) is 43.0 Å². The van der Waals surface area contributed by atoms with Gasteiger partial charge in [-0.1, -0.05) is 45.0 Å². The summed E-state index contributed by atoms with van der Waals surface area (Å²) in [4.78, 5) is 2.50. The Bertz CT molecular complexity index is 347. The lowest BCUT2D eigenvalue weighted by Gasteiger charge is -2.28. The van der Waals surface area contributed by atoms with E-state index in [2.05, 4.69) is 56.9 Å². The molecule has 0 spiro atoms. The van der Waals surface area contributed by atoms with E-state index in [4.69, 9.17) is 5.73 Å². The quantitative estimate of drug-likeness (QED) is 0.803. The van der Waals surface area contributed by atoms with E-state index in [1.807, 2.05) is 0 Å². The summed E-state index contributed by atoms with van der Waals surface area (Å²) in [6.45, 7) is 12.9. The fourth-order valence-corrected chi connectivity index (χ4v) is 2.22. The summed E-state index contributed by atoms with van der Waals surface area (Å²) in [5.41, 5.74) is 8.68. The first-order valence-electron chi connectivity index (χ1n) is 7.05. The minimum Gasteiger partial charge on any atom is -0.330 e. The van der Waals surface area contributed by atoms with Crippen molar-refractivity contribution in [3.8, 4) is 0 Å². The minimum atomic E-state index is 0.592. The first-order valence-corrected chi connectivity index (χ1v) is 7.05. The smallest absolute Gasteiger partial charge is 0.0236 e. The summed E-state index contributed by atoms with van der Waals surface area (Å²) in [7, 11) is 0. The van der Waals surface area contributed by atoms with E-state index in [0.717, 1.165) is 26.2 Å². The average molecular weight is 248 g/mol. The van der Waals surface area contributed by atoms with Crippen molar-refractivity contribution in [1.82, 2.24) is 4.90 Å². The van der Waals surface area contributed by atoms with Gasteiger partial charge in [-0.3, -0.25) is 4.90 Å². The first kappa shape index (κ1) is 15.2. The van der Waals surface area contributed by atoms with Crippen LogP contribution in [0.3, 0.4) is 0 Å². The van der Waals surface area contributed by atoms with Crippen LogP contribution >= 0.6 is 0 Å². The van der Waals surface area contributed by atoms with Gasteiger partial charge in [0.15, 0.2) is 0 Å². The molecule has 1 rings (SSSR count). The summed E-state index contributed by atoms with van der Waals surface area (Å²) >= 11 is 0. The summed E-state index contributed by atoms with van der Waals surface area (Å²) in [6, 6.07) is 8.64. The van der Waals surface area contributed by atoms with Gasteiger partial charge in [-0.25, -0.2) is 0 Å². The summed E-state index contributed by atoms with van der Waals surface area (Å²) in [5.74, 6) is 1.25. The van der Waals surface area contributed by atoms with E-state index < -0.39 is 0 Å². The van der Waals surface area contributed by atoms with Crippen LogP contribution in [-0.4, -0.2) is 24.5 Å². The molecule has 18 heavy (non-hydrogen) atoms. The average Bonchev–Trinajstić information content (AvgIpc) is 2.36. The molecule has 2 nitrogen and oxygen atoms in total. The van der Waals surface area contributed by atoms with Gasteiger partial charge in [-0.15, -0.1) is 0 Å². The number of nitrogens with two attached hydrogens (primary N) is 1. The number of aryl methyl sites for hydroxylation is 1. The molecule has 0 aromatic heterocycles. The molecular weight excluding hydrogens is 220 g/mol. The molecule has 2 N–H and O–H groups in total. The van der Waals surface area contributed by atoms with Gasteiger partial charge in [0.2, 0.25) is 0 Å². The molecule has 1 unspecified atom stereocenters. The Balaban J connectivity index is 2.65. The van der Waals surface area contributed by atoms with Crippen molar-refractivity contribution >= 4 is 0 Å². The van der Waals surface area contributed by atoms with Gasteiger partial charge < -0.3 is 5.73 Å². The molecule has 0 saturated heterocycles. The van der Waals surface area contributed by atoms with Gasteiger partial charge in [0.1, 0.15) is 0 Å². The highest BCUT2D eigenvalue weighted by molar-refractivity contribution is 5.25. The molecule has 1 aromatic rings. The first-order chi connectivity index (χ1) is 8.58. The molecular formula is C16H28N2. The third-order valence-corrected chi connectivity index (χ3v) is 3.84. The lowest BCUT2D eigenvalue weighted by Crippen LogP contribution is -2.35. The predicted molar refractivity (Wildman–Crippen MR) is 79.5 cm³/mol. The lowest BCUT2D eigenvalue weighted by atomic mass is 9.95. The number of benzene rings is 1. The highest BCUT2D eigenvalue weighted by Gasteiger charge is 2.15. The van der Waals surface area contributed by atoms with Gasteiger partial charge in [-0.2, -0.15) is 0 Å². The van der Waals surface area contributed by atoms with E-state index in [9.17, 15) is 0 Å². The molecule has 1 aromatic carbocycles. The van der Waals surface area contributed by atoms with Crippen molar-refractivity contribution in [2.45, 2.75) is 34.2 Å². The molecule has 0 bridgehead atoms. The Kier molecular flexibility index (Phi) is 6.37. The third kappa shape index (κ3) is 4.43. The molecule has 2 heteroatoms. The molecule has 0 aliphatic carbocycles. The van der Waals surface area contributed by atoms with Crippen LogP contribution in [-0.2, 0) is 6.54 Å². The van der Waals surface area contributed by atoms with E-state index in [-0.39, 0.29) is 0 Å². The molecule has 0 radical (unpaired) electrons. The van der Waals surface area contributed by atoms with E-state index in [1.165, 1.54) is 11.1 Å². The number of rotatable bonds is 7. The largest absolute Gasteiger partial charge is 0.330 e. The molecule has 1 atom stereocenters. The highest BCUT2D eigenvalue weighted by atomic mass is 15.1. The van der Waals surface area contributed by atoms with Crippen molar-refractivity contribution in [2.75, 3.05) is 19.6 Å². The standard InChI is InChI=1S/C16H28N2/c1-5-18(12-16(10-17)13(2)3)11-15-9-7-6-8-14(15)4/h6-9,13,16H,5,10-12,17H2,1-4H3. The van der Waals surface area contributed by atoms with Crippen molar-refractivity contribution in [3.05, 3.63) is 35.4 Å². The second-order valence-corrected chi connectivity index (χ2v) is 5.49. The van der Waals surface area contributed by atoms with Crippen LogP contribution in [0.5, 0.6) is 0 Å². The van der Waals surface area contributed by atoms with Gasteiger partial charge in [0, 0.05) is 13.1 Å². The maximum absolute atomic E-state index is 5.87. The van der Waals surface area contributed by atoms with E-state index in [1.54, 1.807) is 0 Å². The lowest BCUT2D eigenvalue weighted by molar-refractivity contribution is 0.206. The van der Waals surface area contributed by atoms with Crippen LogP contribution in [0.2, 0.25) is 0 Å². The van der Waals surface area contributed by atoms with Crippen LogP contribution in [0.25, 0.3) is 0 Å². The zero-order valence-corrected chi connectivity index (χ0v) is 12.3. The maximum atomic E-state index is 5.87. The highest BCUT2D eigenvalue weighted by Crippen LogP contribution is 2.15. The van der Waals surface area contributed by atoms with Crippen molar-refractivity contribution in [3.63, 3.8) is 0 Å². The fraction of sp³-hybridized carbons (Fsp3) is 0.625. The molecule has 0 aliphatic rings. The van der Waals surface area contributed by atoms with Gasteiger partial charge in [0.05, 0.1) is 0 Å². The molecule has 0 amide bonds. The Morgan fingerprint density at radius 2 is 1.89 bits per heavy atom. The SMILES string of the molecule is CCN(Cc1ccccc1C)CC(CN)C(C)C. The zero-order chi connectivity index (χ0) is 13.5. The number of nitrogens with zero attached hydrogens (tertiary/aromatic N) is 1. The van der Waals surface area contributed by atoms with Crippen LogP contribution in [0, 0.1) is 18.8 Å². The Labute approximate surface area is 112 Å². The van der Waals surface area contributed by atoms with E-state index >= 15 is 0 Å².